The van der Waals surface area contributed by atoms with E-state index in [1.807, 2.05) is 0 Å². The minimum absolute atomic E-state index is 0.654. The Balaban J connectivity index is 3.58. The molecule has 0 aromatic rings. The Labute approximate surface area is 184 Å². The predicted octanol–water partition coefficient (Wildman–Crippen LogP) is 8.78. The summed E-state index contributed by atoms with van der Waals surface area (Å²) in [6.45, 7) is 5.22. The number of allylic oxidation sites excluding steroid dienone is 1. The van der Waals surface area contributed by atoms with Crippen molar-refractivity contribution in [1.82, 2.24) is 0 Å². The summed E-state index contributed by atoms with van der Waals surface area (Å²) in [4.78, 5) is 0. The molecule has 0 fully saturated rings. The monoisotopic (exact) mass is 408 g/mol. The maximum atomic E-state index is 6.36. The number of hydrogen-bond acceptors (Lipinski definition) is 2. The molecule has 4 N–H and O–H groups in total. The van der Waals surface area contributed by atoms with E-state index < -0.39 is 0 Å². The highest BCUT2D eigenvalue weighted by molar-refractivity contribution is 5.12. The molecule has 0 saturated heterocycles. The van der Waals surface area contributed by atoms with Crippen molar-refractivity contribution in [1.29, 1.82) is 0 Å². The molecule has 29 heavy (non-hydrogen) atoms. The van der Waals surface area contributed by atoms with Gasteiger partial charge in [-0.3, -0.25) is 0 Å². The van der Waals surface area contributed by atoms with Crippen LogP contribution in [0, 0.1) is 0 Å². The average Bonchev–Trinajstić information content (AvgIpc) is 2.73. The van der Waals surface area contributed by atoms with Gasteiger partial charge in [-0.25, -0.2) is 0 Å². The van der Waals surface area contributed by atoms with Crippen LogP contribution >= 0.6 is 0 Å². The molecule has 0 spiro atoms. The van der Waals surface area contributed by atoms with E-state index in [2.05, 4.69) is 13.8 Å². The quantitative estimate of drug-likeness (QED) is 0.166. The van der Waals surface area contributed by atoms with Gasteiger partial charge in [0.1, 0.15) is 0 Å². The van der Waals surface area contributed by atoms with Crippen LogP contribution in [-0.4, -0.2) is 6.54 Å². The lowest BCUT2D eigenvalue weighted by Crippen LogP contribution is -2.11. The summed E-state index contributed by atoms with van der Waals surface area (Å²) in [5.74, 6) is 0. The lowest BCUT2D eigenvalue weighted by atomic mass is 10.00. The molecule has 0 aromatic carbocycles. The number of nitrogens with two attached hydrogens (primary N) is 2. The van der Waals surface area contributed by atoms with Crippen molar-refractivity contribution in [2.24, 2.45) is 11.5 Å². The van der Waals surface area contributed by atoms with E-state index in [1.54, 1.807) is 0 Å². The average molecular weight is 409 g/mol. The van der Waals surface area contributed by atoms with Crippen molar-refractivity contribution >= 4 is 0 Å². The van der Waals surface area contributed by atoms with E-state index in [4.69, 9.17) is 11.5 Å². The summed E-state index contributed by atoms with van der Waals surface area (Å²) in [7, 11) is 0. The van der Waals surface area contributed by atoms with Crippen molar-refractivity contribution in [3.05, 3.63) is 11.3 Å². The van der Waals surface area contributed by atoms with Crippen LogP contribution in [0.15, 0.2) is 11.3 Å². The molecule has 0 amide bonds. The molecular weight excluding hydrogens is 352 g/mol. The van der Waals surface area contributed by atoms with E-state index in [-0.39, 0.29) is 0 Å². The van der Waals surface area contributed by atoms with Crippen LogP contribution in [0.3, 0.4) is 0 Å². The minimum atomic E-state index is 0.654. The van der Waals surface area contributed by atoms with Crippen LogP contribution < -0.4 is 11.5 Å². The zero-order valence-electron chi connectivity index (χ0n) is 20.4. The standard InChI is InChI=1S/C27H56N2/c1-3-5-7-9-11-13-15-17-19-21-23-26(25-28)27(29)24-22-20-18-16-14-12-10-8-6-4-2/h3-25,28-29H2,1-2H3. The molecule has 0 atom stereocenters. The van der Waals surface area contributed by atoms with Crippen molar-refractivity contribution in [3.8, 4) is 0 Å². The largest absolute Gasteiger partial charge is 0.402 e. The molecule has 2 nitrogen and oxygen atoms in total. The molecule has 0 rings (SSSR count). The molecule has 0 bridgehead atoms. The molecule has 0 saturated carbocycles. The lowest BCUT2D eigenvalue weighted by Gasteiger charge is -2.11. The van der Waals surface area contributed by atoms with Crippen molar-refractivity contribution in [3.63, 3.8) is 0 Å². The van der Waals surface area contributed by atoms with Crippen LogP contribution in [0.25, 0.3) is 0 Å². The Morgan fingerprint density at radius 1 is 0.448 bits per heavy atom. The van der Waals surface area contributed by atoms with Crippen LogP contribution in [-0.2, 0) is 0 Å². The fourth-order valence-electron chi connectivity index (χ4n) is 4.20. The highest BCUT2D eigenvalue weighted by atomic mass is 14.6. The summed E-state index contributed by atoms with van der Waals surface area (Å²) in [6, 6.07) is 0. The molecule has 174 valence electrons. The molecule has 0 aliphatic rings. The molecule has 0 aromatic heterocycles. The SMILES string of the molecule is CCCCCCCCCCCCC(N)=C(CN)CCCCCCCCCCCC. The Morgan fingerprint density at radius 2 is 0.759 bits per heavy atom. The van der Waals surface area contributed by atoms with Gasteiger partial charge in [-0.05, 0) is 31.3 Å². The second kappa shape index (κ2) is 23.8. The van der Waals surface area contributed by atoms with Gasteiger partial charge < -0.3 is 11.5 Å². The maximum Gasteiger partial charge on any atom is 0.0156 e. The molecular formula is C27H56N2. The third-order valence-electron chi connectivity index (χ3n) is 6.33. The highest BCUT2D eigenvalue weighted by Gasteiger charge is 2.03. The summed E-state index contributed by atoms with van der Waals surface area (Å²) >= 11 is 0. The molecule has 0 aliphatic carbocycles. The third kappa shape index (κ3) is 20.5. The molecule has 2 heteroatoms. The van der Waals surface area contributed by atoms with E-state index in [0.29, 0.717) is 6.54 Å². The van der Waals surface area contributed by atoms with Gasteiger partial charge in [-0.15, -0.1) is 0 Å². The van der Waals surface area contributed by atoms with E-state index in [9.17, 15) is 0 Å². The van der Waals surface area contributed by atoms with Gasteiger partial charge in [-0.2, -0.15) is 0 Å². The first kappa shape index (κ1) is 28.5. The topological polar surface area (TPSA) is 52.0 Å². The second-order valence-corrected chi connectivity index (χ2v) is 9.20. The Bertz CT molecular complexity index is 348. The Hall–Kier alpha value is -0.500. The minimum Gasteiger partial charge on any atom is -0.402 e. The van der Waals surface area contributed by atoms with Gasteiger partial charge in [0.05, 0.1) is 0 Å². The fourth-order valence-corrected chi connectivity index (χ4v) is 4.20. The predicted molar refractivity (Wildman–Crippen MR) is 133 cm³/mol. The van der Waals surface area contributed by atoms with Gasteiger partial charge >= 0.3 is 0 Å². The van der Waals surface area contributed by atoms with Crippen molar-refractivity contribution in [2.75, 3.05) is 6.54 Å². The first-order valence-corrected chi connectivity index (χ1v) is 13.4. The Kier molecular flexibility index (Phi) is 23.4. The first-order valence-electron chi connectivity index (χ1n) is 13.4. The lowest BCUT2D eigenvalue weighted by molar-refractivity contribution is 0.551. The zero-order chi connectivity index (χ0) is 21.4. The van der Waals surface area contributed by atoms with Gasteiger partial charge in [0.15, 0.2) is 0 Å². The summed E-state index contributed by atoms with van der Waals surface area (Å²) in [6.07, 6.45) is 29.8. The van der Waals surface area contributed by atoms with Crippen molar-refractivity contribution < 1.29 is 0 Å². The third-order valence-corrected chi connectivity index (χ3v) is 6.33. The van der Waals surface area contributed by atoms with Crippen LogP contribution in [0.2, 0.25) is 0 Å². The number of hydrogen-bond donors (Lipinski definition) is 2. The van der Waals surface area contributed by atoms with Gasteiger partial charge in [-0.1, -0.05) is 129 Å². The molecule has 0 radical (unpaired) electrons. The van der Waals surface area contributed by atoms with Crippen LogP contribution in [0.5, 0.6) is 0 Å². The summed E-state index contributed by atoms with van der Waals surface area (Å²) in [5, 5.41) is 0. The zero-order valence-corrected chi connectivity index (χ0v) is 20.4. The number of rotatable bonds is 23. The first-order chi connectivity index (χ1) is 14.3. The van der Waals surface area contributed by atoms with E-state index in [1.165, 1.54) is 134 Å². The Morgan fingerprint density at radius 3 is 1.10 bits per heavy atom. The second-order valence-electron chi connectivity index (χ2n) is 9.20. The van der Waals surface area contributed by atoms with Crippen molar-refractivity contribution in [2.45, 2.75) is 155 Å². The van der Waals surface area contributed by atoms with Crippen LogP contribution in [0.4, 0.5) is 0 Å². The van der Waals surface area contributed by atoms with Crippen LogP contribution in [0.1, 0.15) is 155 Å². The van der Waals surface area contributed by atoms with E-state index in [0.717, 1.165) is 18.5 Å². The summed E-state index contributed by atoms with van der Waals surface area (Å²) in [5.41, 5.74) is 14.8. The molecule has 0 aliphatic heterocycles. The molecule has 0 unspecified atom stereocenters. The van der Waals surface area contributed by atoms with Gasteiger partial charge in [0.2, 0.25) is 0 Å². The smallest absolute Gasteiger partial charge is 0.0156 e. The van der Waals surface area contributed by atoms with Gasteiger partial charge in [0.25, 0.3) is 0 Å². The normalized spacial score (nSPS) is 12.4. The van der Waals surface area contributed by atoms with E-state index >= 15 is 0 Å². The molecule has 0 heterocycles. The van der Waals surface area contributed by atoms with Gasteiger partial charge in [0, 0.05) is 12.2 Å². The number of unbranched alkanes of at least 4 members (excludes halogenated alkanes) is 18. The highest BCUT2D eigenvalue weighted by Crippen LogP contribution is 2.17. The fraction of sp³-hybridized carbons (Fsp3) is 0.926. The maximum absolute atomic E-state index is 6.36. The summed E-state index contributed by atoms with van der Waals surface area (Å²) < 4.78 is 0.